The van der Waals surface area contributed by atoms with Gasteiger partial charge in [-0.25, -0.2) is 4.67 Å². The number of amides is 1. The Labute approximate surface area is 103 Å². The predicted molar refractivity (Wildman–Crippen MR) is 65.2 cm³/mol. The summed E-state index contributed by atoms with van der Waals surface area (Å²) in [6, 6.07) is 0. The Hall–Kier alpha value is -0.420. The van der Waals surface area contributed by atoms with E-state index in [0.717, 1.165) is 0 Å². The first-order chi connectivity index (χ1) is 7.90. The molecule has 3 atom stereocenters. The SMILES string of the molecule is CC(=O)N1CC(C)OC(CO[PH](=O)N(C)C)C1. The molecule has 100 valence electrons. The van der Waals surface area contributed by atoms with Crippen LogP contribution in [-0.4, -0.2) is 61.5 Å². The molecular formula is C10H21N2O4P. The molecule has 0 aliphatic carbocycles. The van der Waals surface area contributed by atoms with Crippen molar-refractivity contribution in [2.75, 3.05) is 33.8 Å². The van der Waals surface area contributed by atoms with E-state index in [-0.39, 0.29) is 24.7 Å². The zero-order chi connectivity index (χ0) is 13.0. The molecule has 17 heavy (non-hydrogen) atoms. The highest BCUT2D eigenvalue weighted by molar-refractivity contribution is 7.36. The number of hydrogen-bond acceptors (Lipinski definition) is 4. The summed E-state index contributed by atoms with van der Waals surface area (Å²) in [4.78, 5) is 13.0. The van der Waals surface area contributed by atoms with Gasteiger partial charge in [0.25, 0.3) is 8.18 Å². The molecule has 1 rings (SSSR count). The van der Waals surface area contributed by atoms with Crippen LogP contribution in [0.3, 0.4) is 0 Å². The van der Waals surface area contributed by atoms with Gasteiger partial charge in [-0.2, -0.15) is 0 Å². The van der Waals surface area contributed by atoms with Crippen LogP contribution >= 0.6 is 8.18 Å². The average Bonchev–Trinajstić information content (AvgIpc) is 2.24. The molecule has 1 saturated heterocycles. The number of ether oxygens (including phenoxy) is 1. The van der Waals surface area contributed by atoms with Crippen LogP contribution in [0.5, 0.6) is 0 Å². The van der Waals surface area contributed by atoms with Crippen molar-refractivity contribution in [1.82, 2.24) is 9.57 Å². The summed E-state index contributed by atoms with van der Waals surface area (Å²) in [6.45, 7) is 4.82. The Morgan fingerprint density at radius 3 is 2.71 bits per heavy atom. The lowest BCUT2D eigenvalue weighted by Crippen LogP contribution is -2.49. The van der Waals surface area contributed by atoms with Gasteiger partial charge in [0.15, 0.2) is 0 Å². The van der Waals surface area contributed by atoms with Gasteiger partial charge in [-0.1, -0.05) is 0 Å². The molecule has 0 spiro atoms. The fraction of sp³-hybridized carbons (Fsp3) is 0.900. The van der Waals surface area contributed by atoms with Gasteiger partial charge < -0.3 is 14.2 Å². The molecule has 0 radical (unpaired) electrons. The van der Waals surface area contributed by atoms with Crippen LogP contribution in [0, 0.1) is 0 Å². The minimum atomic E-state index is -2.16. The first-order valence-corrected chi connectivity index (χ1v) is 6.91. The van der Waals surface area contributed by atoms with E-state index in [9.17, 15) is 9.36 Å². The Kier molecular flexibility index (Phi) is 5.59. The third-order valence-corrected chi connectivity index (χ3v) is 3.67. The first-order valence-electron chi connectivity index (χ1n) is 5.65. The normalized spacial score (nSPS) is 27.2. The topological polar surface area (TPSA) is 59.1 Å². The van der Waals surface area contributed by atoms with Crippen LogP contribution in [0.4, 0.5) is 0 Å². The highest BCUT2D eigenvalue weighted by Crippen LogP contribution is 2.25. The van der Waals surface area contributed by atoms with Gasteiger partial charge in [0, 0.05) is 20.0 Å². The van der Waals surface area contributed by atoms with Gasteiger partial charge in [0.2, 0.25) is 5.91 Å². The van der Waals surface area contributed by atoms with Gasteiger partial charge in [-0.05, 0) is 21.0 Å². The molecule has 0 aromatic rings. The van der Waals surface area contributed by atoms with E-state index in [2.05, 4.69) is 0 Å². The molecule has 7 heteroatoms. The summed E-state index contributed by atoms with van der Waals surface area (Å²) >= 11 is 0. The second-order valence-corrected chi connectivity index (χ2v) is 6.18. The lowest BCUT2D eigenvalue weighted by molar-refractivity contribution is -0.144. The summed E-state index contributed by atoms with van der Waals surface area (Å²) < 4.78 is 23.8. The van der Waals surface area contributed by atoms with E-state index in [1.165, 1.54) is 0 Å². The van der Waals surface area contributed by atoms with E-state index in [1.54, 1.807) is 30.6 Å². The maximum Gasteiger partial charge on any atom is 0.260 e. The van der Waals surface area contributed by atoms with Crippen molar-refractivity contribution in [1.29, 1.82) is 0 Å². The molecule has 0 saturated carbocycles. The number of carbonyl (C=O) groups is 1. The summed E-state index contributed by atoms with van der Waals surface area (Å²) in [6.07, 6.45) is -0.209. The second-order valence-electron chi connectivity index (χ2n) is 4.46. The highest BCUT2D eigenvalue weighted by atomic mass is 31.1. The predicted octanol–water partition coefficient (Wildman–Crippen LogP) is 0.590. The monoisotopic (exact) mass is 264 g/mol. The molecule has 1 heterocycles. The standard InChI is InChI=1S/C10H21N2O4P/c1-8-5-12(9(2)13)6-10(16-8)7-15-17(14)11(3)4/h8,10,17H,5-7H2,1-4H3. The van der Waals surface area contributed by atoms with Crippen molar-refractivity contribution >= 4 is 14.1 Å². The van der Waals surface area contributed by atoms with E-state index < -0.39 is 8.18 Å². The number of carbonyl (C=O) groups excluding carboxylic acids is 1. The van der Waals surface area contributed by atoms with E-state index in [1.807, 2.05) is 6.92 Å². The zero-order valence-corrected chi connectivity index (χ0v) is 11.8. The van der Waals surface area contributed by atoms with Crippen molar-refractivity contribution < 1.29 is 18.6 Å². The number of hydrogen-bond donors (Lipinski definition) is 0. The summed E-state index contributed by atoms with van der Waals surface area (Å²) in [5.74, 6) is 0.0328. The lowest BCUT2D eigenvalue weighted by Gasteiger charge is -2.36. The van der Waals surface area contributed by atoms with E-state index in [4.69, 9.17) is 9.26 Å². The molecule has 0 bridgehead atoms. The minimum absolute atomic E-state index is 0.0112. The zero-order valence-electron chi connectivity index (χ0n) is 10.8. The van der Waals surface area contributed by atoms with Crippen LogP contribution < -0.4 is 0 Å². The Bertz CT molecular complexity index is 298. The molecule has 1 aliphatic heterocycles. The fourth-order valence-electron chi connectivity index (χ4n) is 1.69. The van der Waals surface area contributed by atoms with Crippen LogP contribution in [0.2, 0.25) is 0 Å². The van der Waals surface area contributed by atoms with E-state index in [0.29, 0.717) is 13.1 Å². The van der Waals surface area contributed by atoms with Crippen LogP contribution in [-0.2, 0) is 18.6 Å². The third-order valence-electron chi connectivity index (χ3n) is 2.53. The molecule has 1 amide bonds. The lowest BCUT2D eigenvalue weighted by atomic mass is 10.2. The Morgan fingerprint density at radius 1 is 1.53 bits per heavy atom. The molecule has 1 aliphatic rings. The second kappa shape index (κ2) is 6.50. The molecule has 0 aromatic heterocycles. The van der Waals surface area contributed by atoms with Crippen molar-refractivity contribution in [2.24, 2.45) is 0 Å². The summed E-state index contributed by atoms with van der Waals surface area (Å²) in [5.41, 5.74) is 0. The average molecular weight is 264 g/mol. The highest BCUT2D eigenvalue weighted by Gasteiger charge is 2.27. The van der Waals surface area contributed by atoms with Gasteiger partial charge >= 0.3 is 0 Å². The van der Waals surface area contributed by atoms with Crippen LogP contribution in [0.25, 0.3) is 0 Å². The van der Waals surface area contributed by atoms with E-state index >= 15 is 0 Å². The smallest absolute Gasteiger partial charge is 0.260 e. The molecule has 0 aromatic carbocycles. The fourth-order valence-corrected chi connectivity index (χ4v) is 2.27. The largest absolute Gasteiger partial charge is 0.369 e. The summed E-state index contributed by atoms with van der Waals surface area (Å²) in [5, 5.41) is 0. The minimum Gasteiger partial charge on any atom is -0.369 e. The molecule has 3 unspecified atom stereocenters. The van der Waals surface area contributed by atoms with Gasteiger partial charge in [-0.3, -0.25) is 9.36 Å². The number of nitrogens with zero attached hydrogens (tertiary/aromatic N) is 2. The molecule has 6 nitrogen and oxygen atoms in total. The van der Waals surface area contributed by atoms with Crippen molar-refractivity contribution in [2.45, 2.75) is 26.1 Å². The first kappa shape index (κ1) is 14.6. The maximum atomic E-state index is 11.4. The molecule has 0 N–H and O–H groups in total. The van der Waals surface area contributed by atoms with Crippen LogP contribution in [0.15, 0.2) is 0 Å². The van der Waals surface area contributed by atoms with Gasteiger partial charge in [0.05, 0.1) is 18.8 Å². The maximum absolute atomic E-state index is 11.4. The Balaban J connectivity index is 2.43. The summed E-state index contributed by atoms with van der Waals surface area (Å²) in [7, 11) is 1.24. The number of rotatable bonds is 4. The van der Waals surface area contributed by atoms with Crippen molar-refractivity contribution in [3.63, 3.8) is 0 Å². The Morgan fingerprint density at radius 2 is 2.18 bits per heavy atom. The third kappa shape index (κ3) is 4.76. The quantitative estimate of drug-likeness (QED) is 0.696. The molecular weight excluding hydrogens is 243 g/mol. The number of morpholine rings is 1. The molecule has 1 fully saturated rings. The van der Waals surface area contributed by atoms with Crippen molar-refractivity contribution in [3.8, 4) is 0 Å². The van der Waals surface area contributed by atoms with Crippen LogP contribution in [0.1, 0.15) is 13.8 Å². The van der Waals surface area contributed by atoms with Gasteiger partial charge in [0.1, 0.15) is 0 Å². The van der Waals surface area contributed by atoms with Gasteiger partial charge in [-0.15, -0.1) is 0 Å². The van der Waals surface area contributed by atoms with Crippen molar-refractivity contribution in [3.05, 3.63) is 0 Å².